The molecular formula is C43H66F5NO15S3. The molecule has 1 aromatic rings. The van der Waals surface area contributed by atoms with Gasteiger partial charge in [-0.25, -0.2) is 19.7 Å². The molecule has 0 spiro atoms. The molecule has 1 unspecified atom stereocenters. The minimum absolute atomic E-state index is 0.0713. The molecule has 0 fully saturated rings. The molecule has 0 N–H and O–H groups in total. The van der Waals surface area contributed by atoms with E-state index >= 15 is 0 Å². The van der Waals surface area contributed by atoms with Crippen LogP contribution in [0.4, 0.5) is 22.0 Å². The van der Waals surface area contributed by atoms with Crippen LogP contribution in [0.3, 0.4) is 0 Å². The standard InChI is InChI=1S/C43H66F5NO15S3/c1-4-66-42(65)67-43(2,49-3)9-7-34(50)6-5-10-52-12-14-54-16-18-56-20-22-58-24-26-60-28-30-62-32-33-63-31-29-61-27-25-59-23-21-57-19-17-55-15-13-53-11-8-35(51)64-41-39(47)37(45)36(44)38(46)40(41)48/h4-33H2,1-2H3. The smallest absolute Gasteiger partial charge is 0.313 e. The van der Waals surface area contributed by atoms with Crippen LogP contribution in [0.2, 0.25) is 0 Å². The fourth-order valence-corrected chi connectivity index (χ4v) is 7.70. The molecule has 0 aliphatic heterocycles. The summed E-state index contributed by atoms with van der Waals surface area (Å²) in [6.45, 7) is 20.0. The third kappa shape index (κ3) is 33.9. The van der Waals surface area contributed by atoms with Crippen LogP contribution in [0.5, 0.6) is 5.75 Å². The topological polar surface area (TPSA) is 158 Å². The van der Waals surface area contributed by atoms with Gasteiger partial charge in [0.1, 0.15) is 9.31 Å². The van der Waals surface area contributed by atoms with Crippen LogP contribution >= 0.6 is 35.7 Å². The van der Waals surface area contributed by atoms with E-state index in [2.05, 4.69) is 9.58 Å². The maximum absolute atomic E-state index is 13.6. The number of hydrogen-bond donors (Lipinski definition) is 0. The molecule has 0 heterocycles. The summed E-state index contributed by atoms with van der Waals surface area (Å²) in [6.07, 6.45) is 1.41. The van der Waals surface area contributed by atoms with Crippen LogP contribution in [-0.4, -0.2) is 184 Å². The molecule has 0 radical (unpaired) electrons. The Bertz CT molecular complexity index is 1500. The fraction of sp³-hybridized carbons (Fsp3) is 0.767. The summed E-state index contributed by atoms with van der Waals surface area (Å²) in [4.78, 5) is 26.9. The Kier molecular flexibility index (Phi) is 40.0. The second-order valence-electron chi connectivity index (χ2n) is 13.7. The summed E-state index contributed by atoms with van der Waals surface area (Å²) >= 11 is 8.22. The minimum atomic E-state index is -2.35. The van der Waals surface area contributed by atoms with Gasteiger partial charge in [0, 0.05) is 32.8 Å². The fourth-order valence-electron chi connectivity index (χ4n) is 4.84. The average Bonchev–Trinajstić information content (AvgIpc) is 3.31. The highest BCUT2D eigenvalue weighted by Gasteiger charge is 2.33. The summed E-state index contributed by atoms with van der Waals surface area (Å²) in [5, 5.41) is 0. The molecule has 0 saturated heterocycles. The van der Waals surface area contributed by atoms with E-state index in [9.17, 15) is 31.5 Å². The monoisotopic (exact) mass is 1030 g/mol. The van der Waals surface area contributed by atoms with Crippen molar-refractivity contribution in [3.8, 4) is 5.75 Å². The van der Waals surface area contributed by atoms with Gasteiger partial charge >= 0.3 is 5.97 Å². The lowest BCUT2D eigenvalue weighted by Gasteiger charge is -2.16. The van der Waals surface area contributed by atoms with Crippen molar-refractivity contribution in [3.63, 3.8) is 0 Å². The van der Waals surface area contributed by atoms with Crippen molar-refractivity contribution in [2.24, 2.45) is 0 Å². The van der Waals surface area contributed by atoms with Gasteiger partial charge in [0.15, 0.2) is 0 Å². The number of benzene rings is 1. The molecule has 0 amide bonds. The molecule has 1 atom stereocenters. The number of thiocarbonyl (C=S) groups is 1. The molecule has 0 saturated carbocycles. The number of nitrogens with zero attached hydrogens (tertiary/aromatic N) is 1. The Morgan fingerprint density at radius 2 is 0.821 bits per heavy atom. The highest BCUT2D eigenvalue weighted by Crippen LogP contribution is 2.36. The molecule has 0 bridgehead atoms. The van der Waals surface area contributed by atoms with Gasteiger partial charge in [-0.05, 0) is 23.9 Å². The lowest BCUT2D eigenvalue weighted by Crippen LogP contribution is -2.18. The number of carbonyl (C=O) groups excluding carboxylic acids is 2. The van der Waals surface area contributed by atoms with Crippen LogP contribution < -0.4 is 4.74 Å². The second-order valence-corrected chi connectivity index (χ2v) is 17.6. The first kappa shape index (κ1) is 62.8. The van der Waals surface area contributed by atoms with E-state index in [1.165, 1.54) is 11.8 Å². The van der Waals surface area contributed by atoms with E-state index in [0.717, 1.165) is 9.28 Å². The van der Waals surface area contributed by atoms with Crippen molar-refractivity contribution >= 4 is 51.0 Å². The van der Waals surface area contributed by atoms with Gasteiger partial charge in [-0.2, -0.15) is 8.78 Å². The van der Waals surface area contributed by atoms with Crippen LogP contribution in [0.25, 0.3) is 4.85 Å². The number of carbonyl (C=O) groups is 2. The number of Topliss-reactive ketones (excluding diaryl/α,β-unsaturated/α-hetero) is 1. The minimum Gasteiger partial charge on any atom is -0.420 e. The zero-order chi connectivity index (χ0) is 49.2. The van der Waals surface area contributed by atoms with Gasteiger partial charge in [0.2, 0.25) is 34.8 Å². The Balaban J connectivity index is 1.73. The number of esters is 1. The van der Waals surface area contributed by atoms with Crippen molar-refractivity contribution in [2.75, 3.05) is 164 Å². The van der Waals surface area contributed by atoms with Crippen LogP contribution in [0.15, 0.2) is 0 Å². The van der Waals surface area contributed by atoms with Gasteiger partial charge in [-0.3, -0.25) is 14.4 Å². The SMILES string of the molecule is [C-]#[N+]C(C)(CCC(=O)CCCOCCOCCOCCOCCOCCOCCOCCOCCOCCOCCOCCOCCC(=O)Oc1c(F)c(F)c(F)c(F)c1F)SC(=S)SCC. The molecular weight excluding hydrogens is 962 g/mol. The molecule has 1 aromatic carbocycles. The number of thioether (sulfide) groups is 2. The quantitative estimate of drug-likeness (QED) is 0.0103. The summed E-state index contributed by atoms with van der Waals surface area (Å²) in [5.74, 6) is -13.2. The van der Waals surface area contributed by atoms with Crippen LogP contribution in [0, 0.1) is 35.7 Å². The molecule has 0 aromatic heterocycles. The van der Waals surface area contributed by atoms with Gasteiger partial charge in [0.25, 0.3) is 4.87 Å². The number of rotatable bonds is 46. The van der Waals surface area contributed by atoms with Gasteiger partial charge in [-0.1, -0.05) is 19.1 Å². The van der Waals surface area contributed by atoms with E-state index in [-0.39, 0.29) is 32.2 Å². The van der Waals surface area contributed by atoms with Crippen molar-refractivity contribution in [2.45, 2.75) is 50.8 Å². The number of halogens is 5. The highest BCUT2D eigenvalue weighted by atomic mass is 32.2. The maximum atomic E-state index is 13.6. The highest BCUT2D eigenvalue weighted by molar-refractivity contribution is 8.47. The first-order valence-corrected chi connectivity index (χ1v) is 24.1. The summed E-state index contributed by atoms with van der Waals surface area (Å²) in [6, 6.07) is 0. The van der Waals surface area contributed by atoms with Gasteiger partial charge in [-0.15, -0.1) is 11.8 Å². The molecule has 0 aliphatic carbocycles. The third-order valence-electron chi connectivity index (χ3n) is 8.34. The lowest BCUT2D eigenvalue weighted by molar-refractivity contribution is -0.136. The van der Waals surface area contributed by atoms with E-state index in [0.29, 0.717) is 158 Å². The molecule has 0 aliphatic rings. The third-order valence-corrected chi connectivity index (χ3v) is 11.0. The largest absolute Gasteiger partial charge is 0.420 e. The Labute approximate surface area is 404 Å². The summed E-state index contributed by atoms with van der Waals surface area (Å²) in [7, 11) is 0. The van der Waals surface area contributed by atoms with E-state index < -0.39 is 52.1 Å². The van der Waals surface area contributed by atoms with Crippen LogP contribution in [0.1, 0.15) is 46.0 Å². The second kappa shape index (κ2) is 42.7. The molecule has 24 heteroatoms. The number of ketones is 1. The Hall–Kier alpha value is -2.19. The molecule has 67 heavy (non-hydrogen) atoms. The first-order valence-electron chi connectivity index (χ1n) is 21.9. The lowest BCUT2D eigenvalue weighted by atomic mass is 10.1. The zero-order valence-corrected chi connectivity index (χ0v) is 40.8. The predicted octanol–water partition coefficient (Wildman–Crippen LogP) is 6.41. The van der Waals surface area contributed by atoms with Crippen molar-refractivity contribution < 1.29 is 93.1 Å². The summed E-state index contributed by atoms with van der Waals surface area (Å²) < 4.78 is 137. The normalized spacial score (nSPS) is 12.3. The molecule has 16 nitrogen and oxygen atoms in total. The first-order chi connectivity index (χ1) is 32.5. The predicted molar refractivity (Wildman–Crippen MR) is 243 cm³/mol. The van der Waals surface area contributed by atoms with Gasteiger partial charge in [0.05, 0.1) is 158 Å². The maximum Gasteiger partial charge on any atom is 0.313 e. The zero-order valence-electron chi connectivity index (χ0n) is 38.4. The molecule has 1 rings (SSSR count). The van der Waals surface area contributed by atoms with E-state index in [1.54, 1.807) is 11.8 Å². The van der Waals surface area contributed by atoms with Crippen molar-refractivity contribution in [3.05, 3.63) is 40.5 Å². The van der Waals surface area contributed by atoms with E-state index in [4.69, 9.17) is 75.6 Å². The van der Waals surface area contributed by atoms with Crippen molar-refractivity contribution in [1.29, 1.82) is 0 Å². The summed E-state index contributed by atoms with van der Waals surface area (Å²) in [5.41, 5.74) is 0. The number of ether oxygens (including phenoxy) is 13. The average molecular weight is 1030 g/mol. The van der Waals surface area contributed by atoms with Gasteiger partial charge < -0.3 is 61.6 Å². The molecule has 386 valence electrons. The Morgan fingerprint density at radius 1 is 0.507 bits per heavy atom. The van der Waals surface area contributed by atoms with E-state index in [1.807, 2.05) is 13.8 Å². The Morgan fingerprint density at radius 3 is 1.15 bits per heavy atom. The number of hydrogen-bond acceptors (Lipinski definition) is 18. The van der Waals surface area contributed by atoms with Crippen molar-refractivity contribution in [1.82, 2.24) is 0 Å². The van der Waals surface area contributed by atoms with Crippen LogP contribution in [-0.2, 0) is 66.4 Å².